The first kappa shape index (κ1) is 19.4. The molecule has 10 heteroatoms. The molecule has 0 atom stereocenters. The van der Waals surface area contributed by atoms with Crippen molar-refractivity contribution in [3.05, 3.63) is 65.9 Å². The molecule has 1 aliphatic heterocycles. The fourth-order valence-corrected chi connectivity index (χ4v) is 4.33. The molecule has 0 radical (unpaired) electrons. The van der Waals surface area contributed by atoms with Gasteiger partial charge in [0.15, 0.2) is 15.5 Å². The first-order valence-electron chi connectivity index (χ1n) is 9.58. The predicted molar refractivity (Wildman–Crippen MR) is 112 cm³/mol. The summed E-state index contributed by atoms with van der Waals surface area (Å²) in [7, 11) is -3.28. The van der Waals surface area contributed by atoms with Crippen LogP contribution in [0.5, 0.6) is 5.75 Å². The fraction of sp³-hybridized carbons (Fsp3) is 0.190. The topological polar surface area (TPSA) is 98.5 Å². The molecule has 8 nitrogen and oxygen atoms in total. The Morgan fingerprint density at radius 3 is 2.74 bits per heavy atom. The molecule has 0 bridgehead atoms. The van der Waals surface area contributed by atoms with Gasteiger partial charge in [-0.1, -0.05) is 12.1 Å². The molecule has 1 aliphatic rings. The lowest BCUT2D eigenvalue weighted by Gasteiger charge is -2.12. The highest BCUT2D eigenvalue weighted by Crippen LogP contribution is 2.31. The van der Waals surface area contributed by atoms with Gasteiger partial charge < -0.3 is 10.1 Å². The van der Waals surface area contributed by atoms with E-state index in [-0.39, 0.29) is 17.3 Å². The predicted octanol–water partition coefficient (Wildman–Crippen LogP) is 2.88. The number of halogens is 1. The van der Waals surface area contributed by atoms with Crippen LogP contribution in [0.2, 0.25) is 0 Å². The SMILES string of the molecule is CS(=O)(=O)c1ccc(-c2cnc(NCc3c(F)ccc4c3CCO4)n3ncnc23)cc1. The quantitative estimate of drug-likeness (QED) is 0.511. The highest BCUT2D eigenvalue weighted by Gasteiger charge is 2.20. The van der Waals surface area contributed by atoms with Crippen LogP contribution >= 0.6 is 0 Å². The molecular formula is C21H18FN5O3S. The number of ether oxygens (including phenoxy) is 1. The standard InChI is InChI=1S/C21H18FN5O3S/c1-31(28,29)14-4-2-13(3-5-14)16-10-23-21(27-20(16)25-12-26-27)24-11-17-15-8-9-30-19(15)7-6-18(17)22/h2-7,10,12H,8-9,11H2,1H3,(H,23,24). The van der Waals surface area contributed by atoms with E-state index in [0.717, 1.165) is 17.4 Å². The minimum Gasteiger partial charge on any atom is -0.493 e. The van der Waals surface area contributed by atoms with Gasteiger partial charge in [0.2, 0.25) is 5.95 Å². The van der Waals surface area contributed by atoms with Gasteiger partial charge in [-0.05, 0) is 29.8 Å². The average molecular weight is 439 g/mol. The number of aromatic nitrogens is 4. The zero-order chi connectivity index (χ0) is 21.6. The van der Waals surface area contributed by atoms with Crippen LogP contribution in [-0.2, 0) is 22.8 Å². The van der Waals surface area contributed by atoms with Crippen molar-refractivity contribution in [2.75, 3.05) is 18.2 Å². The van der Waals surface area contributed by atoms with Gasteiger partial charge >= 0.3 is 0 Å². The lowest BCUT2D eigenvalue weighted by molar-refractivity contribution is 0.356. The van der Waals surface area contributed by atoms with Crippen LogP contribution in [0.25, 0.3) is 16.8 Å². The van der Waals surface area contributed by atoms with Gasteiger partial charge in [-0.2, -0.15) is 9.61 Å². The Labute approximate surface area is 177 Å². The Morgan fingerprint density at radius 2 is 1.97 bits per heavy atom. The summed E-state index contributed by atoms with van der Waals surface area (Å²) in [5, 5.41) is 7.38. The summed E-state index contributed by atoms with van der Waals surface area (Å²) < 4.78 is 44.9. The van der Waals surface area contributed by atoms with Gasteiger partial charge in [-0.3, -0.25) is 0 Å². The summed E-state index contributed by atoms with van der Waals surface area (Å²) in [5.74, 6) is 0.832. The lowest BCUT2D eigenvalue weighted by atomic mass is 10.0. The van der Waals surface area contributed by atoms with Gasteiger partial charge in [0.05, 0.1) is 11.5 Å². The van der Waals surface area contributed by atoms with E-state index in [2.05, 4.69) is 20.4 Å². The number of fused-ring (bicyclic) bond motifs is 2. The Bertz CT molecular complexity index is 1400. The highest BCUT2D eigenvalue weighted by atomic mass is 32.2. The average Bonchev–Trinajstić information content (AvgIpc) is 3.42. The van der Waals surface area contributed by atoms with Gasteiger partial charge in [0.1, 0.15) is 17.9 Å². The molecule has 2 aromatic carbocycles. The number of hydrogen-bond donors (Lipinski definition) is 1. The lowest BCUT2D eigenvalue weighted by Crippen LogP contribution is -2.10. The number of nitrogens with one attached hydrogen (secondary N) is 1. The van der Waals surface area contributed by atoms with Crippen LogP contribution < -0.4 is 10.1 Å². The minimum absolute atomic E-state index is 0.225. The van der Waals surface area contributed by atoms with Crippen molar-refractivity contribution < 1.29 is 17.5 Å². The highest BCUT2D eigenvalue weighted by molar-refractivity contribution is 7.90. The van der Waals surface area contributed by atoms with E-state index < -0.39 is 9.84 Å². The van der Waals surface area contributed by atoms with Crippen molar-refractivity contribution in [3.63, 3.8) is 0 Å². The van der Waals surface area contributed by atoms with E-state index in [4.69, 9.17) is 4.74 Å². The molecule has 31 heavy (non-hydrogen) atoms. The van der Waals surface area contributed by atoms with Crippen LogP contribution in [0.15, 0.2) is 53.8 Å². The Hall–Kier alpha value is -3.53. The number of rotatable bonds is 5. The largest absolute Gasteiger partial charge is 0.493 e. The monoisotopic (exact) mass is 439 g/mol. The molecule has 5 rings (SSSR count). The molecule has 2 aromatic heterocycles. The molecule has 0 aliphatic carbocycles. The Kier molecular flexibility index (Phi) is 4.58. The van der Waals surface area contributed by atoms with E-state index in [9.17, 15) is 12.8 Å². The van der Waals surface area contributed by atoms with Crippen LogP contribution in [0.3, 0.4) is 0 Å². The summed E-state index contributed by atoms with van der Waals surface area (Å²) in [5.41, 5.74) is 3.42. The third-order valence-electron chi connectivity index (χ3n) is 5.26. The maximum Gasteiger partial charge on any atom is 0.226 e. The smallest absolute Gasteiger partial charge is 0.226 e. The number of sulfone groups is 1. The van der Waals surface area contributed by atoms with Crippen molar-refractivity contribution >= 4 is 21.4 Å². The maximum absolute atomic E-state index is 14.4. The van der Waals surface area contributed by atoms with Crippen LogP contribution in [-0.4, -0.2) is 40.9 Å². The first-order valence-corrected chi connectivity index (χ1v) is 11.5. The van der Waals surface area contributed by atoms with Crippen molar-refractivity contribution in [3.8, 4) is 16.9 Å². The molecule has 3 heterocycles. The van der Waals surface area contributed by atoms with E-state index in [1.807, 2.05) is 0 Å². The molecule has 0 saturated heterocycles. The molecule has 0 amide bonds. The number of anilines is 1. The van der Waals surface area contributed by atoms with Gasteiger partial charge in [0.25, 0.3) is 0 Å². The molecule has 158 valence electrons. The minimum atomic E-state index is -3.28. The summed E-state index contributed by atoms with van der Waals surface area (Å²) >= 11 is 0. The summed E-state index contributed by atoms with van der Waals surface area (Å²) in [6, 6.07) is 9.56. The van der Waals surface area contributed by atoms with Gasteiger partial charge in [-0.15, -0.1) is 0 Å². The van der Waals surface area contributed by atoms with Crippen molar-refractivity contribution in [1.29, 1.82) is 0 Å². The molecule has 0 spiro atoms. The second-order valence-corrected chi connectivity index (χ2v) is 9.26. The molecule has 0 fully saturated rings. The molecule has 4 aromatic rings. The van der Waals surface area contributed by atoms with Crippen LogP contribution in [0, 0.1) is 5.82 Å². The first-order chi connectivity index (χ1) is 14.9. The molecular weight excluding hydrogens is 421 g/mol. The van der Waals surface area contributed by atoms with Gasteiger partial charge in [0, 0.05) is 42.1 Å². The second-order valence-electron chi connectivity index (χ2n) is 7.24. The molecule has 0 unspecified atom stereocenters. The number of nitrogens with zero attached hydrogens (tertiary/aromatic N) is 4. The third kappa shape index (κ3) is 3.48. The van der Waals surface area contributed by atoms with Crippen molar-refractivity contribution in [2.24, 2.45) is 0 Å². The molecule has 0 saturated carbocycles. The normalized spacial score (nSPS) is 13.2. The van der Waals surface area contributed by atoms with Crippen LogP contribution in [0.4, 0.5) is 10.3 Å². The van der Waals surface area contributed by atoms with Crippen LogP contribution in [0.1, 0.15) is 11.1 Å². The summed E-state index contributed by atoms with van der Waals surface area (Å²) in [4.78, 5) is 9.00. The van der Waals surface area contributed by atoms with Gasteiger partial charge in [-0.25, -0.2) is 22.8 Å². The van der Waals surface area contributed by atoms with E-state index >= 15 is 0 Å². The Balaban J connectivity index is 1.47. The van der Waals surface area contributed by atoms with E-state index in [1.54, 1.807) is 36.5 Å². The second kappa shape index (κ2) is 7.31. The zero-order valence-electron chi connectivity index (χ0n) is 16.5. The fourth-order valence-electron chi connectivity index (χ4n) is 3.70. The van der Waals surface area contributed by atoms with Crippen molar-refractivity contribution in [2.45, 2.75) is 17.9 Å². The third-order valence-corrected chi connectivity index (χ3v) is 6.39. The number of hydrogen-bond acceptors (Lipinski definition) is 7. The maximum atomic E-state index is 14.4. The van der Waals surface area contributed by atoms with E-state index in [1.165, 1.54) is 16.9 Å². The zero-order valence-corrected chi connectivity index (χ0v) is 17.4. The van der Waals surface area contributed by atoms with Crippen molar-refractivity contribution in [1.82, 2.24) is 19.6 Å². The summed E-state index contributed by atoms with van der Waals surface area (Å²) in [6.07, 6.45) is 4.87. The summed E-state index contributed by atoms with van der Waals surface area (Å²) in [6.45, 7) is 0.771. The Morgan fingerprint density at radius 1 is 1.16 bits per heavy atom. The number of benzene rings is 2. The van der Waals surface area contributed by atoms with E-state index in [0.29, 0.717) is 41.5 Å². The molecule has 1 N–H and O–H groups in total.